The molecule has 0 saturated heterocycles. The number of H-pyrrole nitrogens is 1. The molecule has 0 aliphatic heterocycles. The standard InChI is InChI=1S/C22H20N4O3S2/c1-29-19-8-7-17-11-16(3-6-18(17)13-19)14-23-26-21(24-25-22(26)30)12-15-4-9-20(10-5-15)31(2,27)28/h3-11,13-14H,12H2,1-2H3,(H,25,30)/b23-14+. The number of hydrogen-bond donors (Lipinski definition) is 1. The maximum atomic E-state index is 11.6. The number of ether oxygens (including phenoxy) is 1. The quantitative estimate of drug-likeness (QED) is 0.353. The lowest BCUT2D eigenvalue weighted by molar-refractivity contribution is 0.415. The van der Waals surface area contributed by atoms with Gasteiger partial charge in [0.25, 0.3) is 0 Å². The number of sulfone groups is 1. The van der Waals surface area contributed by atoms with Gasteiger partial charge in [-0.25, -0.2) is 8.42 Å². The summed E-state index contributed by atoms with van der Waals surface area (Å²) in [5.41, 5.74) is 1.82. The van der Waals surface area contributed by atoms with Crippen LogP contribution in [0.15, 0.2) is 70.7 Å². The van der Waals surface area contributed by atoms with Crippen molar-refractivity contribution >= 4 is 39.0 Å². The van der Waals surface area contributed by atoms with Crippen LogP contribution in [0.25, 0.3) is 10.8 Å². The first-order valence-electron chi connectivity index (χ1n) is 9.41. The third-order valence-corrected chi connectivity index (χ3v) is 6.22. The Morgan fingerprint density at radius 2 is 1.81 bits per heavy atom. The minimum atomic E-state index is -3.23. The summed E-state index contributed by atoms with van der Waals surface area (Å²) < 4.78 is 30.5. The van der Waals surface area contributed by atoms with E-state index >= 15 is 0 Å². The second kappa shape index (κ2) is 8.44. The van der Waals surface area contributed by atoms with Crippen molar-refractivity contribution < 1.29 is 13.2 Å². The molecule has 0 amide bonds. The van der Waals surface area contributed by atoms with Gasteiger partial charge in [-0.05, 0) is 64.4 Å². The van der Waals surface area contributed by atoms with Crippen LogP contribution in [0.2, 0.25) is 0 Å². The Morgan fingerprint density at radius 3 is 2.52 bits per heavy atom. The van der Waals surface area contributed by atoms with Gasteiger partial charge in [-0.3, -0.25) is 5.10 Å². The fraction of sp³-hybridized carbons (Fsp3) is 0.136. The van der Waals surface area contributed by atoms with Crippen LogP contribution in [-0.4, -0.2) is 42.9 Å². The van der Waals surface area contributed by atoms with E-state index in [0.717, 1.165) is 27.6 Å². The molecule has 31 heavy (non-hydrogen) atoms. The molecule has 0 radical (unpaired) electrons. The van der Waals surface area contributed by atoms with Gasteiger partial charge in [-0.15, -0.1) is 0 Å². The number of nitrogens with zero attached hydrogens (tertiary/aromatic N) is 3. The number of aromatic nitrogens is 3. The summed E-state index contributed by atoms with van der Waals surface area (Å²) in [6, 6.07) is 18.6. The zero-order valence-corrected chi connectivity index (χ0v) is 18.6. The molecule has 9 heteroatoms. The predicted octanol–water partition coefficient (Wildman–Crippen LogP) is 3.98. The number of aromatic amines is 1. The van der Waals surface area contributed by atoms with Crippen molar-refractivity contribution in [3.8, 4) is 5.75 Å². The van der Waals surface area contributed by atoms with Gasteiger partial charge in [-0.1, -0.05) is 30.3 Å². The molecular weight excluding hydrogens is 432 g/mol. The molecule has 0 aliphatic rings. The fourth-order valence-electron chi connectivity index (χ4n) is 3.17. The summed E-state index contributed by atoms with van der Waals surface area (Å²) in [5.74, 6) is 1.44. The molecule has 0 spiro atoms. The summed E-state index contributed by atoms with van der Waals surface area (Å²) in [6.07, 6.45) is 3.36. The van der Waals surface area contributed by atoms with Gasteiger partial charge >= 0.3 is 0 Å². The molecule has 1 N–H and O–H groups in total. The highest BCUT2D eigenvalue weighted by molar-refractivity contribution is 7.90. The highest BCUT2D eigenvalue weighted by atomic mass is 32.2. The van der Waals surface area contributed by atoms with Gasteiger partial charge in [-0.2, -0.15) is 14.9 Å². The van der Waals surface area contributed by atoms with E-state index in [2.05, 4.69) is 15.3 Å². The maximum absolute atomic E-state index is 11.6. The van der Waals surface area contributed by atoms with Crippen molar-refractivity contribution in [1.82, 2.24) is 14.9 Å². The SMILES string of the molecule is COc1ccc2cc(/C=N/n3c(Cc4ccc(S(C)(=O)=O)cc4)n[nH]c3=S)ccc2c1. The normalized spacial score (nSPS) is 11.9. The van der Waals surface area contributed by atoms with Gasteiger partial charge in [0.15, 0.2) is 15.7 Å². The van der Waals surface area contributed by atoms with Crippen LogP contribution in [0.5, 0.6) is 5.75 Å². The highest BCUT2D eigenvalue weighted by Crippen LogP contribution is 2.21. The summed E-state index contributed by atoms with van der Waals surface area (Å²) in [7, 11) is -1.58. The van der Waals surface area contributed by atoms with Crippen molar-refractivity contribution in [2.75, 3.05) is 13.4 Å². The van der Waals surface area contributed by atoms with Gasteiger partial charge in [0, 0.05) is 12.7 Å². The minimum Gasteiger partial charge on any atom is -0.497 e. The number of hydrogen-bond acceptors (Lipinski definition) is 6. The Bertz CT molecular complexity index is 1440. The molecule has 0 saturated carbocycles. The average molecular weight is 453 g/mol. The lowest BCUT2D eigenvalue weighted by atomic mass is 10.1. The fourth-order valence-corrected chi connectivity index (χ4v) is 4.00. The third kappa shape index (κ3) is 4.73. The molecule has 4 aromatic rings. The van der Waals surface area contributed by atoms with E-state index in [1.54, 1.807) is 42.3 Å². The molecule has 0 atom stereocenters. The van der Waals surface area contributed by atoms with E-state index in [1.807, 2.05) is 36.4 Å². The van der Waals surface area contributed by atoms with Crippen LogP contribution in [0.3, 0.4) is 0 Å². The largest absolute Gasteiger partial charge is 0.497 e. The Kier molecular flexibility index (Phi) is 5.71. The first kappa shape index (κ1) is 21.0. The van der Waals surface area contributed by atoms with Crippen LogP contribution in [0.4, 0.5) is 0 Å². The summed E-state index contributed by atoms with van der Waals surface area (Å²) in [6.45, 7) is 0. The number of fused-ring (bicyclic) bond motifs is 1. The molecule has 0 bridgehead atoms. The molecule has 1 aromatic heterocycles. The number of nitrogens with one attached hydrogen (secondary N) is 1. The molecule has 0 unspecified atom stereocenters. The van der Waals surface area contributed by atoms with E-state index in [4.69, 9.17) is 17.0 Å². The molecule has 4 rings (SSSR count). The molecule has 1 heterocycles. The monoisotopic (exact) mass is 452 g/mol. The van der Waals surface area contributed by atoms with Crippen molar-refractivity contribution in [3.05, 3.63) is 82.4 Å². The van der Waals surface area contributed by atoms with E-state index in [9.17, 15) is 8.42 Å². The topological polar surface area (TPSA) is 89.3 Å². The number of benzene rings is 3. The van der Waals surface area contributed by atoms with E-state index in [-0.39, 0.29) is 4.90 Å². The van der Waals surface area contributed by atoms with E-state index < -0.39 is 9.84 Å². The molecule has 0 fully saturated rings. The average Bonchev–Trinajstić information content (AvgIpc) is 3.10. The van der Waals surface area contributed by atoms with Crippen molar-refractivity contribution in [1.29, 1.82) is 0 Å². The number of rotatable bonds is 6. The van der Waals surface area contributed by atoms with Gasteiger partial charge in [0.1, 0.15) is 5.75 Å². The minimum absolute atomic E-state index is 0.280. The summed E-state index contributed by atoms with van der Waals surface area (Å²) in [4.78, 5) is 0.280. The second-order valence-corrected chi connectivity index (χ2v) is 9.47. The van der Waals surface area contributed by atoms with Crippen LogP contribution < -0.4 is 4.74 Å². The van der Waals surface area contributed by atoms with Crippen LogP contribution in [0.1, 0.15) is 17.0 Å². The lowest BCUT2D eigenvalue weighted by Crippen LogP contribution is -2.01. The van der Waals surface area contributed by atoms with Gasteiger partial charge in [0.05, 0.1) is 18.2 Å². The first-order chi connectivity index (χ1) is 14.8. The van der Waals surface area contributed by atoms with E-state index in [0.29, 0.717) is 17.0 Å². The number of methoxy groups -OCH3 is 1. The maximum Gasteiger partial charge on any atom is 0.216 e. The molecule has 0 aliphatic carbocycles. The highest BCUT2D eigenvalue weighted by Gasteiger charge is 2.09. The molecule has 7 nitrogen and oxygen atoms in total. The Hall–Kier alpha value is -3.30. The van der Waals surface area contributed by atoms with Crippen molar-refractivity contribution in [3.63, 3.8) is 0 Å². The van der Waals surface area contributed by atoms with Crippen molar-refractivity contribution in [2.24, 2.45) is 5.10 Å². The molecular formula is C22H20N4O3S2. The van der Waals surface area contributed by atoms with Gasteiger partial charge < -0.3 is 4.74 Å². The Balaban J connectivity index is 1.58. The van der Waals surface area contributed by atoms with Crippen LogP contribution >= 0.6 is 12.2 Å². The van der Waals surface area contributed by atoms with Gasteiger partial charge in [0.2, 0.25) is 4.77 Å². The Labute approximate surface area is 184 Å². The first-order valence-corrected chi connectivity index (χ1v) is 11.7. The second-order valence-electron chi connectivity index (χ2n) is 7.07. The Morgan fingerprint density at radius 1 is 1.10 bits per heavy atom. The zero-order valence-electron chi connectivity index (χ0n) is 16.9. The smallest absolute Gasteiger partial charge is 0.216 e. The molecule has 3 aromatic carbocycles. The van der Waals surface area contributed by atoms with Crippen molar-refractivity contribution in [2.45, 2.75) is 11.3 Å². The zero-order chi connectivity index (χ0) is 22.0. The third-order valence-electron chi connectivity index (χ3n) is 4.82. The lowest BCUT2D eigenvalue weighted by Gasteiger charge is -2.04. The predicted molar refractivity (Wildman–Crippen MR) is 123 cm³/mol. The van der Waals surface area contributed by atoms with Crippen LogP contribution in [-0.2, 0) is 16.3 Å². The van der Waals surface area contributed by atoms with E-state index in [1.165, 1.54) is 6.26 Å². The summed E-state index contributed by atoms with van der Waals surface area (Å²) >= 11 is 5.32. The summed E-state index contributed by atoms with van der Waals surface area (Å²) in [5, 5.41) is 13.7. The molecule has 158 valence electrons. The van der Waals surface area contributed by atoms with Crippen LogP contribution in [0, 0.1) is 4.77 Å².